The van der Waals surface area contributed by atoms with Crippen molar-refractivity contribution in [2.75, 3.05) is 14.1 Å². The molecular weight excluding hydrogens is 238 g/mol. The molecule has 106 valence electrons. The van der Waals surface area contributed by atoms with Crippen molar-refractivity contribution in [3.63, 3.8) is 0 Å². The molecular formula is C15H25N3O. The molecule has 0 saturated heterocycles. The third kappa shape index (κ3) is 2.59. The van der Waals surface area contributed by atoms with Crippen LogP contribution in [0.4, 0.5) is 0 Å². The monoisotopic (exact) mass is 263 g/mol. The highest BCUT2D eigenvalue weighted by atomic mass is 16.1. The van der Waals surface area contributed by atoms with Gasteiger partial charge in [-0.05, 0) is 52.6 Å². The van der Waals surface area contributed by atoms with E-state index in [4.69, 9.17) is 0 Å². The van der Waals surface area contributed by atoms with Gasteiger partial charge in [-0.2, -0.15) is 5.10 Å². The molecule has 1 aromatic heterocycles. The first-order chi connectivity index (χ1) is 8.99. The van der Waals surface area contributed by atoms with Gasteiger partial charge in [0.05, 0.1) is 17.3 Å². The number of hydrogen-bond acceptors (Lipinski definition) is 3. The van der Waals surface area contributed by atoms with Gasteiger partial charge in [0.1, 0.15) is 0 Å². The van der Waals surface area contributed by atoms with Crippen LogP contribution in [0.25, 0.3) is 0 Å². The number of aromatic nitrogens is 2. The molecule has 0 unspecified atom stereocenters. The molecule has 0 atom stereocenters. The van der Waals surface area contributed by atoms with Crippen molar-refractivity contribution in [3.05, 3.63) is 18.0 Å². The summed E-state index contributed by atoms with van der Waals surface area (Å²) in [6.07, 6.45) is 7.77. The minimum atomic E-state index is -0.325. The van der Waals surface area contributed by atoms with Crippen LogP contribution in [0, 0.1) is 5.92 Å². The molecule has 1 heterocycles. The fourth-order valence-corrected chi connectivity index (χ4v) is 3.04. The highest BCUT2D eigenvalue weighted by Gasteiger charge is 2.43. The lowest BCUT2D eigenvalue weighted by Crippen LogP contribution is -2.53. The van der Waals surface area contributed by atoms with Crippen molar-refractivity contribution >= 4 is 5.78 Å². The smallest absolute Gasteiger partial charge is 0.186 e. The van der Waals surface area contributed by atoms with Gasteiger partial charge in [0, 0.05) is 12.7 Å². The molecule has 0 spiro atoms. The molecule has 1 aliphatic rings. The first-order valence-electron chi connectivity index (χ1n) is 7.24. The molecule has 1 fully saturated rings. The number of Topliss-reactive ketones (excluding diaryl/α,β-unsaturated/α-hetero) is 1. The number of rotatable bonds is 4. The maximum absolute atomic E-state index is 12.9. The highest BCUT2D eigenvalue weighted by molar-refractivity contribution is 6.03. The third-order valence-corrected chi connectivity index (χ3v) is 4.60. The van der Waals surface area contributed by atoms with Crippen molar-refractivity contribution in [3.8, 4) is 0 Å². The number of likely N-dealkylation sites (N-methyl/N-ethyl adjacent to an activating group) is 1. The lowest BCUT2D eigenvalue weighted by Gasteiger charge is -2.43. The maximum Gasteiger partial charge on any atom is 0.186 e. The van der Waals surface area contributed by atoms with Crippen LogP contribution in [0.15, 0.2) is 12.4 Å². The zero-order valence-electron chi connectivity index (χ0n) is 12.5. The van der Waals surface area contributed by atoms with E-state index in [9.17, 15) is 4.79 Å². The molecule has 1 saturated carbocycles. The van der Waals surface area contributed by atoms with Gasteiger partial charge in [0.2, 0.25) is 0 Å². The summed E-state index contributed by atoms with van der Waals surface area (Å²) in [5, 5.41) is 4.23. The van der Waals surface area contributed by atoms with Crippen LogP contribution in [0.2, 0.25) is 0 Å². The Labute approximate surface area is 115 Å². The van der Waals surface area contributed by atoms with E-state index < -0.39 is 0 Å². The van der Waals surface area contributed by atoms with E-state index in [0.29, 0.717) is 0 Å². The summed E-state index contributed by atoms with van der Waals surface area (Å²) in [4.78, 5) is 15.0. The summed E-state index contributed by atoms with van der Waals surface area (Å²) in [5.41, 5.74) is 0.429. The molecule has 19 heavy (non-hydrogen) atoms. The van der Waals surface area contributed by atoms with Gasteiger partial charge in [-0.3, -0.25) is 14.4 Å². The van der Waals surface area contributed by atoms with Gasteiger partial charge in [0.15, 0.2) is 5.78 Å². The van der Waals surface area contributed by atoms with Crippen LogP contribution in [0.5, 0.6) is 0 Å². The molecule has 0 N–H and O–H groups in total. The fourth-order valence-electron chi connectivity index (χ4n) is 3.04. The van der Waals surface area contributed by atoms with E-state index >= 15 is 0 Å². The summed E-state index contributed by atoms with van der Waals surface area (Å²) in [6.45, 7) is 5.11. The highest BCUT2D eigenvalue weighted by Crippen LogP contribution is 2.37. The first-order valence-corrected chi connectivity index (χ1v) is 7.24. The van der Waals surface area contributed by atoms with E-state index in [-0.39, 0.29) is 11.3 Å². The van der Waals surface area contributed by atoms with Crippen LogP contribution in [-0.4, -0.2) is 40.1 Å². The Kier molecular flexibility index (Phi) is 4.09. The summed E-state index contributed by atoms with van der Waals surface area (Å²) in [5.74, 6) is 0.975. The summed E-state index contributed by atoms with van der Waals surface area (Å²) in [7, 11) is 4.05. The Morgan fingerprint density at radius 2 is 2.11 bits per heavy atom. The Hall–Kier alpha value is -1.16. The van der Waals surface area contributed by atoms with Gasteiger partial charge in [-0.15, -0.1) is 0 Å². The van der Waals surface area contributed by atoms with E-state index in [1.165, 1.54) is 0 Å². The van der Waals surface area contributed by atoms with Crippen LogP contribution in [-0.2, 0) is 6.54 Å². The molecule has 1 aromatic rings. The number of nitrogens with zero attached hydrogens (tertiary/aromatic N) is 3. The fraction of sp³-hybridized carbons (Fsp3) is 0.733. The lowest BCUT2D eigenvalue weighted by molar-refractivity contribution is 0.0513. The third-order valence-electron chi connectivity index (χ3n) is 4.60. The van der Waals surface area contributed by atoms with E-state index in [1.54, 1.807) is 6.20 Å². The molecule has 0 aromatic carbocycles. The summed E-state index contributed by atoms with van der Waals surface area (Å²) >= 11 is 0. The van der Waals surface area contributed by atoms with Gasteiger partial charge in [-0.1, -0.05) is 6.92 Å². The molecule has 1 aliphatic carbocycles. The topological polar surface area (TPSA) is 38.1 Å². The van der Waals surface area contributed by atoms with Crippen molar-refractivity contribution in [2.45, 2.75) is 51.6 Å². The second kappa shape index (κ2) is 5.45. The van der Waals surface area contributed by atoms with Gasteiger partial charge >= 0.3 is 0 Å². The van der Waals surface area contributed by atoms with Gasteiger partial charge in [0.25, 0.3) is 0 Å². The maximum atomic E-state index is 12.9. The molecule has 0 aliphatic heterocycles. The number of aryl methyl sites for hydroxylation is 1. The minimum absolute atomic E-state index is 0.240. The normalized spacial score (nSPS) is 27.7. The largest absolute Gasteiger partial charge is 0.297 e. The molecule has 0 amide bonds. The number of carbonyl (C=O) groups excluding carboxylic acids is 1. The molecule has 0 radical (unpaired) electrons. The van der Waals surface area contributed by atoms with Gasteiger partial charge in [-0.25, -0.2) is 0 Å². The SMILES string of the molecule is CCn1cc(C(=O)C2(N(C)C)CCC(C)CC2)cn1. The zero-order valence-corrected chi connectivity index (χ0v) is 12.5. The second-order valence-electron chi connectivity index (χ2n) is 6.02. The Balaban J connectivity index is 2.26. The zero-order chi connectivity index (χ0) is 14.0. The minimum Gasteiger partial charge on any atom is -0.297 e. The first kappa shape index (κ1) is 14.3. The van der Waals surface area contributed by atoms with E-state index in [1.807, 2.05) is 31.9 Å². The van der Waals surface area contributed by atoms with Crippen LogP contribution in [0.3, 0.4) is 0 Å². The van der Waals surface area contributed by atoms with E-state index in [2.05, 4.69) is 16.9 Å². The lowest BCUT2D eigenvalue weighted by atomic mass is 9.73. The quantitative estimate of drug-likeness (QED) is 0.784. The Morgan fingerprint density at radius 1 is 1.47 bits per heavy atom. The van der Waals surface area contributed by atoms with Crippen molar-refractivity contribution in [2.24, 2.45) is 5.92 Å². The van der Waals surface area contributed by atoms with Crippen LogP contribution >= 0.6 is 0 Å². The molecule has 4 heteroatoms. The Bertz CT molecular complexity index is 442. The standard InChI is InChI=1S/C15H25N3O/c1-5-18-11-13(10-16-18)14(19)15(17(3)4)8-6-12(2)7-9-15/h10-12H,5-9H2,1-4H3. The van der Waals surface area contributed by atoms with Gasteiger partial charge < -0.3 is 0 Å². The second-order valence-corrected chi connectivity index (χ2v) is 6.02. The summed E-state index contributed by atoms with van der Waals surface area (Å²) < 4.78 is 1.82. The predicted octanol–water partition coefficient (Wildman–Crippen LogP) is 2.60. The van der Waals surface area contributed by atoms with Crippen molar-refractivity contribution < 1.29 is 4.79 Å². The molecule has 4 nitrogen and oxygen atoms in total. The van der Waals surface area contributed by atoms with Crippen LogP contribution < -0.4 is 0 Å². The number of ketones is 1. The predicted molar refractivity (Wildman–Crippen MR) is 76.3 cm³/mol. The Morgan fingerprint density at radius 3 is 2.58 bits per heavy atom. The summed E-state index contributed by atoms with van der Waals surface area (Å²) in [6, 6.07) is 0. The van der Waals surface area contributed by atoms with Crippen LogP contribution in [0.1, 0.15) is 49.9 Å². The number of hydrogen-bond donors (Lipinski definition) is 0. The van der Waals surface area contributed by atoms with E-state index in [0.717, 1.165) is 43.7 Å². The molecule has 0 bridgehead atoms. The van der Waals surface area contributed by atoms with Crippen molar-refractivity contribution in [1.29, 1.82) is 0 Å². The van der Waals surface area contributed by atoms with Crippen molar-refractivity contribution in [1.82, 2.24) is 14.7 Å². The molecule has 2 rings (SSSR count). The average molecular weight is 263 g/mol. The average Bonchev–Trinajstić information content (AvgIpc) is 2.87. The number of carbonyl (C=O) groups is 1.